The Hall–Kier alpha value is -0.532. The van der Waals surface area contributed by atoms with Crippen molar-refractivity contribution >= 4 is 11.9 Å². The summed E-state index contributed by atoms with van der Waals surface area (Å²) in [5, 5.41) is 15.4. The van der Waals surface area contributed by atoms with Gasteiger partial charge < -0.3 is 31.2 Å². The Bertz CT molecular complexity index is 279. The molecule has 0 aromatic carbocycles. The van der Waals surface area contributed by atoms with Crippen molar-refractivity contribution in [3.63, 3.8) is 0 Å². The van der Waals surface area contributed by atoms with Gasteiger partial charge in [-0.15, -0.1) is 13.1 Å². The van der Waals surface area contributed by atoms with Gasteiger partial charge in [0.2, 0.25) is 0 Å². The molecule has 1 heterocycles. The maximum atomic E-state index is 9.43. The van der Waals surface area contributed by atoms with E-state index < -0.39 is 18.4 Å². The first-order chi connectivity index (χ1) is 8.81. The quantitative estimate of drug-likeness (QED) is 0.581. The Morgan fingerprint density at radius 1 is 1.05 bits per heavy atom. The van der Waals surface area contributed by atoms with Crippen LogP contribution in [0, 0.1) is 5.92 Å². The van der Waals surface area contributed by atoms with E-state index in [1.54, 1.807) is 0 Å². The van der Waals surface area contributed by atoms with Crippen LogP contribution in [0.25, 0.3) is 11.5 Å². The summed E-state index contributed by atoms with van der Waals surface area (Å²) >= 11 is 0. The molecule has 1 saturated heterocycles. The van der Waals surface area contributed by atoms with E-state index in [1.165, 1.54) is 0 Å². The second kappa shape index (κ2) is 11.2. The van der Waals surface area contributed by atoms with E-state index >= 15 is 0 Å². The Balaban J connectivity index is 0. The fraction of sp³-hybridized carbons (Fsp3) is 0.818. The van der Waals surface area contributed by atoms with Gasteiger partial charge in [0.05, 0.1) is 12.2 Å². The number of hydrogen-bond donors (Lipinski definition) is 2. The average molecular weight is 471 g/mol. The van der Waals surface area contributed by atoms with Gasteiger partial charge in [-0.1, -0.05) is 13.8 Å². The number of rotatable bonds is 5. The molecule has 1 rings (SSSR count). The van der Waals surface area contributed by atoms with Crippen LogP contribution >= 0.6 is 0 Å². The first-order valence-electron chi connectivity index (χ1n) is 5.85. The Labute approximate surface area is 132 Å². The zero-order chi connectivity index (χ0) is 15.0. The average Bonchev–Trinajstić information content (AvgIpc) is 2.71. The summed E-state index contributed by atoms with van der Waals surface area (Å²) in [6.07, 6.45) is -1.42. The largest absolute Gasteiger partial charge is 2.00 e. The Morgan fingerprint density at radius 2 is 1.40 bits per heavy atom. The molecule has 0 radical (unpaired) electrons. The van der Waals surface area contributed by atoms with Gasteiger partial charge >= 0.3 is 33.0 Å². The van der Waals surface area contributed by atoms with Gasteiger partial charge in [0.15, 0.2) is 6.29 Å². The fourth-order valence-electron chi connectivity index (χ4n) is 1.35. The third-order valence-corrected chi connectivity index (χ3v) is 2.28. The van der Waals surface area contributed by atoms with Gasteiger partial charge in [-0.3, -0.25) is 9.59 Å². The van der Waals surface area contributed by atoms with E-state index in [4.69, 9.17) is 31.2 Å². The van der Waals surface area contributed by atoms with Crippen LogP contribution in [0.5, 0.6) is 0 Å². The van der Waals surface area contributed by atoms with E-state index in [9.17, 15) is 9.59 Å². The smallest absolute Gasteiger partial charge is 0.675 e. The molecule has 0 aromatic rings. The first-order valence-corrected chi connectivity index (χ1v) is 5.85. The number of nitrogens with one attached hydrogen (secondary N) is 2. The molecule has 2 atom stereocenters. The van der Waals surface area contributed by atoms with Crippen LogP contribution in [0.3, 0.4) is 0 Å². The number of carboxylic acids is 2. The summed E-state index contributed by atoms with van der Waals surface area (Å²) in [7, 11) is 0. The molecule has 20 heavy (non-hydrogen) atoms. The van der Waals surface area contributed by atoms with Crippen molar-refractivity contribution in [2.24, 2.45) is 5.92 Å². The molecular weight excluding hydrogens is 451 g/mol. The maximum Gasteiger partial charge on any atom is 2.00 e. The summed E-state index contributed by atoms with van der Waals surface area (Å²) in [5.41, 5.74) is 14.4. The van der Waals surface area contributed by atoms with Crippen molar-refractivity contribution in [2.45, 2.75) is 38.8 Å². The second-order valence-corrected chi connectivity index (χ2v) is 4.33. The molecule has 0 amide bonds. The van der Waals surface area contributed by atoms with Crippen LogP contribution in [0.1, 0.15) is 20.3 Å². The van der Waals surface area contributed by atoms with Crippen molar-refractivity contribution in [3.8, 4) is 0 Å². The number of hydrogen-bond acceptors (Lipinski definition) is 4. The molecule has 1 aliphatic rings. The standard InChI is InChI=1S/C8H16N2O2.C3H4O4.Pt/c1-5(2)8-11-6(3-9)7(4-10)12-8;4-2(5)1-3(6)7;/h5-10H,3-4H2,1-2H3;1H2,(H,4,5)(H,6,7);/q-2;;+2/t6-,7-;;/m1../s1. The molecule has 1 aliphatic heterocycles. The molecule has 0 aliphatic carbocycles. The molecule has 4 N–H and O–H groups in total. The Morgan fingerprint density at radius 3 is 1.55 bits per heavy atom. The molecule has 1 fully saturated rings. The molecule has 0 spiro atoms. The molecule has 0 unspecified atom stereocenters. The Kier molecular flexibility index (Phi) is 12.1. The van der Waals surface area contributed by atoms with Crippen molar-refractivity contribution in [3.05, 3.63) is 11.5 Å². The number of aliphatic carboxylic acids is 2. The minimum absolute atomic E-state index is 0. The van der Waals surface area contributed by atoms with Crippen LogP contribution in [0.15, 0.2) is 0 Å². The van der Waals surface area contributed by atoms with Crippen molar-refractivity contribution in [2.75, 3.05) is 13.1 Å². The van der Waals surface area contributed by atoms with Gasteiger partial charge in [-0.05, 0) is 0 Å². The topological polar surface area (TPSA) is 141 Å². The zero-order valence-corrected chi connectivity index (χ0v) is 13.5. The number of carbonyl (C=O) groups is 2. The summed E-state index contributed by atoms with van der Waals surface area (Å²) in [6.45, 7) is 4.40. The predicted molar refractivity (Wildman–Crippen MR) is 66.6 cm³/mol. The van der Waals surface area contributed by atoms with E-state index in [-0.39, 0.29) is 52.7 Å². The van der Waals surface area contributed by atoms with Gasteiger partial charge in [0, 0.05) is 5.92 Å². The predicted octanol–water partition coefficient (Wildman–Crippen LogP) is 1.40. The van der Waals surface area contributed by atoms with Gasteiger partial charge in [-0.2, -0.15) is 0 Å². The minimum atomic E-state index is -1.31. The summed E-state index contributed by atoms with van der Waals surface area (Å²) in [4.78, 5) is 18.9. The van der Waals surface area contributed by atoms with Crippen LogP contribution in [0.2, 0.25) is 0 Å². The van der Waals surface area contributed by atoms with Gasteiger partial charge in [0.1, 0.15) is 6.42 Å². The van der Waals surface area contributed by atoms with Crippen molar-refractivity contribution < 1.29 is 50.3 Å². The minimum Gasteiger partial charge on any atom is -0.675 e. The molecule has 9 heteroatoms. The van der Waals surface area contributed by atoms with E-state index in [2.05, 4.69) is 0 Å². The molecule has 0 aromatic heterocycles. The van der Waals surface area contributed by atoms with Gasteiger partial charge in [-0.25, -0.2) is 0 Å². The van der Waals surface area contributed by atoms with Gasteiger partial charge in [0.25, 0.3) is 0 Å². The van der Waals surface area contributed by atoms with Crippen LogP contribution in [0.4, 0.5) is 0 Å². The fourth-order valence-corrected chi connectivity index (χ4v) is 1.35. The summed E-state index contributed by atoms with van der Waals surface area (Å²) in [6, 6.07) is 0. The second-order valence-electron chi connectivity index (χ2n) is 4.33. The van der Waals surface area contributed by atoms with E-state index in [0.29, 0.717) is 5.92 Å². The normalized spacial score (nSPS) is 21.9. The van der Waals surface area contributed by atoms with Crippen LogP contribution in [-0.2, 0) is 40.1 Å². The summed E-state index contributed by atoms with van der Waals surface area (Å²) in [5.74, 6) is -2.32. The van der Waals surface area contributed by atoms with Crippen molar-refractivity contribution in [1.29, 1.82) is 0 Å². The van der Waals surface area contributed by atoms with E-state index in [1.807, 2.05) is 13.8 Å². The molecule has 120 valence electrons. The van der Waals surface area contributed by atoms with Crippen molar-refractivity contribution in [1.82, 2.24) is 0 Å². The summed E-state index contributed by atoms with van der Waals surface area (Å²) < 4.78 is 10.9. The molecular formula is C11H20N2O6Pt. The van der Waals surface area contributed by atoms with E-state index in [0.717, 1.165) is 0 Å². The first kappa shape index (κ1) is 21.8. The third kappa shape index (κ3) is 8.60. The maximum absolute atomic E-state index is 9.43. The zero-order valence-electron chi connectivity index (χ0n) is 11.3. The van der Waals surface area contributed by atoms with Crippen LogP contribution < -0.4 is 0 Å². The SMILES string of the molecule is CC(C)C1O[C@H](C[NH-])[C@@H](C[NH-])O1.O=C(O)CC(=O)O.[Pt+2]. The molecule has 8 nitrogen and oxygen atoms in total. The monoisotopic (exact) mass is 471 g/mol. The third-order valence-electron chi connectivity index (χ3n) is 2.28. The number of carboxylic acid groups (broad SMARTS) is 2. The molecule has 0 bridgehead atoms. The molecule has 0 saturated carbocycles. The number of ether oxygens (including phenoxy) is 2. The van der Waals surface area contributed by atoms with Crippen LogP contribution in [-0.4, -0.2) is 53.7 Å².